The van der Waals surface area contributed by atoms with E-state index in [0.717, 1.165) is 4.43 Å². The van der Waals surface area contributed by atoms with Gasteiger partial charge in [0.25, 0.3) is 0 Å². The van der Waals surface area contributed by atoms with Crippen LogP contribution in [0.4, 0.5) is 0 Å². The molecule has 0 unspecified atom stereocenters. The Hall–Kier alpha value is 0.600. The Morgan fingerprint density at radius 2 is 2.11 bits per heavy atom. The van der Waals surface area contributed by atoms with Crippen molar-refractivity contribution in [1.82, 2.24) is 0 Å². The van der Waals surface area contributed by atoms with E-state index in [1.165, 1.54) is 0 Å². The highest BCUT2D eigenvalue weighted by Crippen LogP contribution is 1.90. The average Bonchev–Trinajstić information content (AvgIpc) is 1.63. The van der Waals surface area contributed by atoms with Gasteiger partial charge < -0.3 is 0 Å². The Bertz CT molecular complexity index is 154. The van der Waals surface area contributed by atoms with E-state index in [0.29, 0.717) is 6.42 Å². The molecule has 0 amide bonds. The normalized spacial score (nSPS) is 11.8. The van der Waals surface area contributed by atoms with E-state index in [2.05, 4.69) is 31.9 Å². The van der Waals surface area contributed by atoms with Crippen molar-refractivity contribution in [3.05, 3.63) is 0 Å². The molecule has 0 aliphatic heterocycles. The molecule has 0 aromatic heterocycles. The van der Waals surface area contributed by atoms with E-state index in [1.807, 2.05) is 0 Å². The molecule has 4 nitrogen and oxygen atoms in total. The zero-order valence-corrected chi connectivity index (χ0v) is 7.68. The monoisotopic (exact) mass is 265 g/mol. The van der Waals surface area contributed by atoms with Crippen LogP contribution in [0.5, 0.6) is 0 Å². The van der Waals surface area contributed by atoms with Crippen molar-refractivity contribution in [3.8, 4) is 0 Å². The lowest BCUT2D eigenvalue weighted by molar-refractivity contribution is 0.320. The maximum absolute atomic E-state index is 10.1. The lowest BCUT2D eigenvalue weighted by Crippen LogP contribution is -2.16. The molecule has 56 valence electrons. The van der Waals surface area contributed by atoms with Crippen molar-refractivity contribution in [3.63, 3.8) is 0 Å². The van der Waals surface area contributed by atoms with Crippen LogP contribution in [0.2, 0.25) is 0 Å². The lowest BCUT2D eigenvalue weighted by Gasteiger charge is -1.95. The fourth-order valence-electron chi connectivity index (χ4n) is 0.230. The summed E-state index contributed by atoms with van der Waals surface area (Å²) >= 11 is 2.12. The molecule has 0 heterocycles. The van der Waals surface area contributed by atoms with Gasteiger partial charge >= 0.3 is 10.3 Å². The molecule has 6 heteroatoms. The average molecular weight is 265 g/mol. The van der Waals surface area contributed by atoms with E-state index in [1.54, 1.807) is 0 Å². The fraction of sp³-hybridized carbons (Fsp3) is 1.00. The van der Waals surface area contributed by atoms with E-state index >= 15 is 0 Å². The van der Waals surface area contributed by atoms with Crippen molar-refractivity contribution in [2.24, 2.45) is 5.14 Å². The van der Waals surface area contributed by atoms with Crippen molar-refractivity contribution < 1.29 is 12.6 Å². The van der Waals surface area contributed by atoms with Crippen LogP contribution in [-0.2, 0) is 14.5 Å². The summed E-state index contributed by atoms with van der Waals surface area (Å²) in [6.45, 7) is 0.182. The van der Waals surface area contributed by atoms with Crippen LogP contribution >= 0.6 is 22.6 Å². The van der Waals surface area contributed by atoms with Crippen LogP contribution < -0.4 is 5.14 Å². The van der Waals surface area contributed by atoms with Crippen LogP contribution in [0.3, 0.4) is 0 Å². The fourth-order valence-corrected chi connectivity index (χ4v) is 0.891. The zero-order chi connectivity index (χ0) is 7.33. The quantitative estimate of drug-likeness (QED) is 0.443. The molecule has 0 saturated carbocycles. The molecule has 0 saturated heterocycles. The summed E-state index contributed by atoms with van der Waals surface area (Å²) in [5, 5.41) is 4.52. The third-order valence-corrected chi connectivity index (χ3v) is 1.78. The third kappa shape index (κ3) is 8.60. The first-order chi connectivity index (χ1) is 4.06. The predicted octanol–water partition coefficient (Wildman–Crippen LogP) is 0.0316. The lowest BCUT2D eigenvalue weighted by atomic mass is 10.5. The van der Waals surface area contributed by atoms with Crippen LogP contribution in [0, 0.1) is 0 Å². The van der Waals surface area contributed by atoms with E-state index < -0.39 is 10.3 Å². The van der Waals surface area contributed by atoms with Crippen molar-refractivity contribution >= 4 is 32.9 Å². The minimum atomic E-state index is -3.70. The molecule has 9 heavy (non-hydrogen) atoms. The third-order valence-electron chi connectivity index (χ3n) is 0.526. The van der Waals surface area contributed by atoms with Gasteiger partial charge in [0.2, 0.25) is 0 Å². The maximum atomic E-state index is 10.1. The van der Waals surface area contributed by atoms with Crippen LogP contribution in [0.25, 0.3) is 0 Å². The smallest absolute Gasteiger partial charge is 0.258 e. The standard InChI is InChI=1S/C3H8INO3S/c4-2-1-3-8-9(5,6)7/h1-3H2,(H2,5,6,7). The van der Waals surface area contributed by atoms with Gasteiger partial charge in [-0.3, -0.25) is 4.18 Å². The molecule has 0 spiro atoms. The predicted molar refractivity (Wildman–Crippen MR) is 42.6 cm³/mol. The summed E-state index contributed by atoms with van der Waals surface area (Å²) < 4.78 is 25.2. The Kier molecular flexibility index (Phi) is 4.72. The Morgan fingerprint density at radius 1 is 1.56 bits per heavy atom. The number of halogens is 1. The number of rotatable bonds is 4. The van der Waals surface area contributed by atoms with E-state index in [9.17, 15) is 8.42 Å². The summed E-state index contributed by atoms with van der Waals surface area (Å²) in [5.74, 6) is 0. The summed E-state index contributed by atoms with van der Waals surface area (Å²) in [7, 11) is -3.70. The number of hydrogen-bond donors (Lipinski definition) is 1. The van der Waals surface area contributed by atoms with Crippen LogP contribution in [-0.4, -0.2) is 19.5 Å². The van der Waals surface area contributed by atoms with Gasteiger partial charge in [-0.15, -0.1) is 0 Å². The first-order valence-electron chi connectivity index (χ1n) is 2.29. The van der Waals surface area contributed by atoms with Gasteiger partial charge in [-0.25, -0.2) is 5.14 Å². The highest BCUT2D eigenvalue weighted by atomic mass is 127. The number of hydrogen-bond acceptors (Lipinski definition) is 3. The molecule has 0 aromatic rings. The Balaban J connectivity index is 3.30. The molecule has 0 radical (unpaired) electrons. The van der Waals surface area contributed by atoms with E-state index in [4.69, 9.17) is 0 Å². The Morgan fingerprint density at radius 3 is 2.44 bits per heavy atom. The SMILES string of the molecule is NS(=O)(=O)OCCCI. The molecule has 0 bridgehead atoms. The maximum Gasteiger partial charge on any atom is 0.333 e. The minimum absolute atomic E-state index is 0.182. The highest BCUT2D eigenvalue weighted by molar-refractivity contribution is 14.1. The number of alkyl halides is 1. The topological polar surface area (TPSA) is 69.4 Å². The van der Waals surface area contributed by atoms with Gasteiger partial charge in [0.05, 0.1) is 6.61 Å². The molecule has 0 aromatic carbocycles. The van der Waals surface area contributed by atoms with Crippen molar-refractivity contribution in [1.29, 1.82) is 0 Å². The zero-order valence-electron chi connectivity index (χ0n) is 4.71. The second-order valence-electron chi connectivity index (χ2n) is 1.36. The van der Waals surface area contributed by atoms with Gasteiger partial charge in [-0.2, -0.15) is 8.42 Å². The molecule has 2 N–H and O–H groups in total. The molecule has 0 aliphatic carbocycles. The summed E-state index contributed by atoms with van der Waals surface area (Å²) in [6.07, 6.45) is 0.705. The molecular formula is C3H8INO3S. The van der Waals surface area contributed by atoms with Crippen molar-refractivity contribution in [2.45, 2.75) is 6.42 Å². The molecule has 0 aliphatic rings. The van der Waals surface area contributed by atoms with Crippen LogP contribution in [0.1, 0.15) is 6.42 Å². The molecule has 0 fully saturated rings. The summed E-state index contributed by atoms with van der Waals surface area (Å²) in [6, 6.07) is 0. The van der Waals surface area contributed by atoms with Gasteiger partial charge in [-0.05, 0) is 6.42 Å². The Labute approximate surface area is 68.2 Å². The van der Waals surface area contributed by atoms with Gasteiger partial charge in [0.1, 0.15) is 0 Å². The first-order valence-corrected chi connectivity index (χ1v) is 5.29. The summed E-state index contributed by atoms with van der Waals surface area (Å²) in [5.41, 5.74) is 0. The van der Waals surface area contributed by atoms with Gasteiger partial charge in [-0.1, -0.05) is 22.6 Å². The van der Waals surface area contributed by atoms with Gasteiger partial charge in [0.15, 0.2) is 0 Å². The number of nitrogens with two attached hydrogens (primary N) is 1. The molecule has 0 atom stereocenters. The molecule has 0 rings (SSSR count). The van der Waals surface area contributed by atoms with Crippen LogP contribution in [0.15, 0.2) is 0 Å². The second-order valence-corrected chi connectivity index (χ2v) is 3.66. The van der Waals surface area contributed by atoms with Gasteiger partial charge in [0, 0.05) is 4.43 Å². The highest BCUT2D eigenvalue weighted by Gasteiger charge is 1.98. The summed E-state index contributed by atoms with van der Waals surface area (Å²) in [4.78, 5) is 0. The van der Waals surface area contributed by atoms with E-state index in [-0.39, 0.29) is 6.61 Å². The molecular weight excluding hydrogens is 257 g/mol. The minimum Gasteiger partial charge on any atom is -0.258 e. The van der Waals surface area contributed by atoms with Crippen molar-refractivity contribution in [2.75, 3.05) is 11.0 Å². The first kappa shape index (κ1) is 9.60. The largest absolute Gasteiger partial charge is 0.333 e. The second kappa shape index (κ2) is 4.42.